The largest absolute Gasteiger partial charge is 0.481 e. The molecule has 130 valence electrons. The number of rotatable bonds is 5. The molecule has 2 rings (SSSR count). The zero-order valence-corrected chi connectivity index (χ0v) is 14.2. The van der Waals surface area contributed by atoms with Crippen molar-refractivity contribution in [2.75, 3.05) is 7.05 Å². The number of halogens is 2. The maximum Gasteiger partial charge on any atom is 0.263 e. The summed E-state index contributed by atoms with van der Waals surface area (Å²) in [5.74, 6) is -1.07. The van der Waals surface area contributed by atoms with Crippen molar-refractivity contribution in [2.45, 2.75) is 26.0 Å². The molecule has 0 spiro atoms. The first-order valence-corrected chi connectivity index (χ1v) is 7.72. The van der Waals surface area contributed by atoms with Gasteiger partial charge in [0, 0.05) is 12.6 Å². The fourth-order valence-electron chi connectivity index (χ4n) is 2.38. The van der Waals surface area contributed by atoms with Crippen LogP contribution in [-0.2, 0) is 4.79 Å². The van der Waals surface area contributed by atoms with Crippen LogP contribution in [0.15, 0.2) is 42.5 Å². The fraction of sp³-hybridized carbons (Fsp3) is 0.263. The highest BCUT2D eigenvalue weighted by molar-refractivity contribution is 5.81. The van der Waals surface area contributed by atoms with E-state index >= 15 is 0 Å². The number of hydrogen-bond acceptors (Lipinski definition) is 3. The second-order valence-electron chi connectivity index (χ2n) is 5.69. The summed E-state index contributed by atoms with van der Waals surface area (Å²) in [6.07, 6.45) is -0.822. The van der Waals surface area contributed by atoms with E-state index in [1.807, 2.05) is 6.07 Å². The molecule has 1 amide bonds. The van der Waals surface area contributed by atoms with E-state index in [0.717, 1.165) is 18.2 Å². The van der Waals surface area contributed by atoms with Crippen molar-refractivity contribution in [3.63, 3.8) is 0 Å². The fourth-order valence-corrected chi connectivity index (χ4v) is 2.38. The van der Waals surface area contributed by atoms with Gasteiger partial charge < -0.3 is 9.64 Å². The minimum Gasteiger partial charge on any atom is -0.481 e. The van der Waals surface area contributed by atoms with Crippen LogP contribution in [0.2, 0.25) is 0 Å². The van der Waals surface area contributed by atoms with Crippen LogP contribution >= 0.6 is 0 Å². The highest BCUT2D eigenvalue weighted by atomic mass is 19.1. The van der Waals surface area contributed by atoms with Crippen molar-refractivity contribution in [1.29, 1.82) is 5.26 Å². The SMILES string of the molecule is CC(Oc1ccc(C#N)cc1)C(=O)N(C)C(C)c1cc(F)ccc1F. The van der Waals surface area contributed by atoms with Gasteiger partial charge in [-0.25, -0.2) is 8.78 Å². The molecule has 2 unspecified atom stereocenters. The van der Waals surface area contributed by atoms with Crippen LogP contribution in [0.1, 0.15) is 31.0 Å². The Kier molecular flexibility index (Phi) is 5.71. The molecule has 25 heavy (non-hydrogen) atoms. The summed E-state index contributed by atoms with van der Waals surface area (Å²) in [4.78, 5) is 13.8. The quantitative estimate of drug-likeness (QED) is 0.828. The Hall–Kier alpha value is -2.94. The summed E-state index contributed by atoms with van der Waals surface area (Å²) in [5, 5.41) is 8.77. The van der Waals surface area contributed by atoms with Crippen LogP contribution in [0.5, 0.6) is 5.75 Å². The van der Waals surface area contributed by atoms with Gasteiger partial charge in [-0.05, 0) is 56.3 Å². The van der Waals surface area contributed by atoms with E-state index in [1.165, 1.54) is 11.9 Å². The smallest absolute Gasteiger partial charge is 0.263 e. The van der Waals surface area contributed by atoms with Crippen LogP contribution < -0.4 is 4.74 Å². The lowest BCUT2D eigenvalue weighted by atomic mass is 10.1. The van der Waals surface area contributed by atoms with Crippen LogP contribution in [0.4, 0.5) is 8.78 Å². The van der Waals surface area contributed by atoms with Crippen LogP contribution in [0.25, 0.3) is 0 Å². The number of carbonyl (C=O) groups excluding carboxylic acids is 1. The number of ether oxygens (including phenoxy) is 1. The van der Waals surface area contributed by atoms with Gasteiger partial charge in [-0.15, -0.1) is 0 Å². The van der Waals surface area contributed by atoms with E-state index in [4.69, 9.17) is 10.00 Å². The van der Waals surface area contributed by atoms with Gasteiger partial charge in [0.1, 0.15) is 17.4 Å². The monoisotopic (exact) mass is 344 g/mol. The van der Waals surface area contributed by atoms with Gasteiger partial charge >= 0.3 is 0 Å². The molecular formula is C19H18F2N2O2. The summed E-state index contributed by atoms with van der Waals surface area (Å²) in [6, 6.07) is 10.8. The van der Waals surface area contributed by atoms with Crippen molar-refractivity contribution in [2.24, 2.45) is 0 Å². The molecule has 0 aliphatic heterocycles. The van der Waals surface area contributed by atoms with Crippen molar-refractivity contribution in [1.82, 2.24) is 4.90 Å². The Morgan fingerprint density at radius 3 is 2.40 bits per heavy atom. The van der Waals surface area contributed by atoms with Crippen LogP contribution in [-0.4, -0.2) is 24.0 Å². The van der Waals surface area contributed by atoms with E-state index in [-0.39, 0.29) is 11.5 Å². The second-order valence-corrected chi connectivity index (χ2v) is 5.69. The number of carbonyl (C=O) groups is 1. The van der Waals surface area contributed by atoms with Gasteiger partial charge in [0.2, 0.25) is 0 Å². The minimum absolute atomic E-state index is 0.0985. The van der Waals surface area contributed by atoms with Crippen LogP contribution in [0.3, 0.4) is 0 Å². The van der Waals surface area contributed by atoms with Gasteiger partial charge in [-0.2, -0.15) is 5.26 Å². The third-order valence-electron chi connectivity index (χ3n) is 3.98. The summed E-state index contributed by atoms with van der Waals surface area (Å²) < 4.78 is 32.8. The molecule has 2 aromatic carbocycles. The van der Waals surface area contributed by atoms with Crippen molar-refractivity contribution < 1.29 is 18.3 Å². The van der Waals surface area contributed by atoms with Gasteiger partial charge in [0.25, 0.3) is 5.91 Å². The van der Waals surface area contributed by atoms with E-state index in [9.17, 15) is 13.6 Å². The second kappa shape index (κ2) is 7.75. The predicted octanol–water partition coefficient (Wildman–Crippen LogP) is 3.82. The number of nitriles is 1. The Balaban J connectivity index is 2.09. The van der Waals surface area contributed by atoms with Crippen molar-refractivity contribution in [3.8, 4) is 11.8 Å². The molecule has 0 N–H and O–H groups in total. The van der Waals surface area contributed by atoms with E-state index in [1.54, 1.807) is 38.1 Å². The molecule has 0 heterocycles. The standard InChI is InChI=1S/C19H18F2N2O2/c1-12(17-10-15(20)6-9-18(17)21)23(3)19(24)13(2)25-16-7-4-14(11-22)5-8-16/h4-10,12-13H,1-3H3. The summed E-state index contributed by atoms with van der Waals surface area (Å²) >= 11 is 0. The molecule has 0 aromatic heterocycles. The van der Waals surface area contributed by atoms with Gasteiger partial charge in [-0.1, -0.05) is 0 Å². The first-order chi connectivity index (χ1) is 11.8. The normalized spacial score (nSPS) is 12.8. The van der Waals surface area contributed by atoms with E-state index < -0.39 is 23.8 Å². The zero-order chi connectivity index (χ0) is 18.6. The van der Waals surface area contributed by atoms with Gasteiger partial charge in [-0.3, -0.25) is 4.79 Å². The topological polar surface area (TPSA) is 53.3 Å². The predicted molar refractivity (Wildman–Crippen MR) is 88.8 cm³/mol. The molecule has 0 aliphatic rings. The van der Waals surface area contributed by atoms with Crippen molar-refractivity contribution in [3.05, 3.63) is 65.2 Å². The number of hydrogen-bond donors (Lipinski definition) is 0. The molecular weight excluding hydrogens is 326 g/mol. The molecule has 0 fully saturated rings. The van der Waals surface area contributed by atoms with E-state index in [2.05, 4.69) is 0 Å². The molecule has 0 saturated heterocycles. The minimum atomic E-state index is -0.822. The molecule has 2 atom stereocenters. The highest BCUT2D eigenvalue weighted by Gasteiger charge is 2.25. The molecule has 0 aliphatic carbocycles. The molecule has 2 aromatic rings. The lowest BCUT2D eigenvalue weighted by Gasteiger charge is -2.28. The Morgan fingerprint density at radius 2 is 1.80 bits per heavy atom. The first kappa shape index (κ1) is 18.4. The lowest BCUT2D eigenvalue weighted by Crippen LogP contribution is -2.39. The van der Waals surface area contributed by atoms with Gasteiger partial charge in [0.05, 0.1) is 17.7 Å². The Morgan fingerprint density at radius 1 is 1.16 bits per heavy atom. The Bertz CT molecular complexity index is 800. The molecule has 6 heteroatoms. The first-order valence-electron chi connectivity index (χ1n) is 7.72. The molecule has 0 radical (unpaired) electrons. The summed E-state index contributed by atoms with van der Waals surface area (Å²) in [5.41, 5.74) is 0.583. The summed E-state index contributed by atoms with van der Waals surface area (Å²) in [6.45, 7) is 3.19. The number of likely N-dealkylation sites (N-methyl/N-ethyl adjacent to an activating group) is 1. The maximum absolute atomic E-state index is 13.9. The molecule has 0 saturated carbocycles. The van der Waals surface area contributed by atoms with Gasteiger partial charge in [0.15, 0.2) is 6.10 Å². The number of amides is 1. The average molecular weight is 344 g/mol. The molecule has 0 bridgehead atoms. The third-order valence-corrected chi connectivity index (χ3v) is 3.98. The van der Waals surface area contributed by atoms with Crippen LogP contribution in [0, 0.1) is 23.0 Å². The Labute approximate surface area is 145 Å². The number of nitrogens with zero attached hydrogens (tertiary/aromatic N) is 2. The average Bonchev–Trinajstić information content (AvgIpc) is 2.62. The third kappa shape index (κ3) is 4.32. The van der Waals surface area contributed by atoms with Crippen molar-refractivity contribution >= 4 is 5.91 Å². The lowest BCUT2D eigenvalue weighted by molar-refractivity contribution is -0.138. The zero-order valence-electron chi connectivity index (χ0n) is 14.2. The summed E-state index contributed by atoms with van der Waals surface area (Å²) in [7, 11) is 1.51. The maximum atomic E-state index is 13.9. The van der Waals surface area contributed by atoms with E-state index in [0.29, 0.717) is 11.3 Å². The highest BCUT2D eigenvalue weighted by Crippen LogP contribution is 2.24. The number of benzene rings is 2. The molecule has 4 nitrogen and oxygen atoms in total.